The zero-order chi connectivity index (χ0) is 15.7. The molecule has 0 amide bonds. The molecular formula is C15H30N2O4. The quantitative estimate of drug-likeness (QED) is 0.419. The van der Waals surface area contributed by atoms with E-state index >= 15 is 0 Å². The number of esters is 1. The molecule has 0 spiro atoms. The summed E-state index contributed by atoms with van der Waals surface area (Å²) in [7, 11) is 6.70. The lowest BCUT2D eigenvalue weighted by atomic mass is 9.92. The number of methoxy groups -OCH3 is 3. The number of likely N-dealkylation sites (N-methyl/N-ethyl adjacent to an activating group) is 1. The second-order valence-electron chi connectivity index (χ2n) is 5.60. The molecule has 0 aromatic rings. The summed E-state index contributed by atoms with van der Waals surface area (Å²) in [5.41, 5.74) is -0.602. The van der Waals surface area contributed by atoms with Gasteiger partial charge in [0.15, 0.2) is 0 Å². The molecule has 0 saturated heterocycles. The van der Waals surface area contributed by atoms with Gasteiger partial charge in [-0.1, -0.05) is 0 Å². The van der Waals surface area contributed by atoms with E-state index in [4.69, 9.17) is 14.2 Å². The van der Waals surface area contributed by atoms with Crippen LogP contribution in [0.3, 0.4) is 0 Å². The molecule has 0 aromatic carbocycles. The van der Waals surface area contributed by atoms with Crippen molar-refractivity contribution in [2.45, 2.75) is 24.8 Å². The molecule has 1 rings (SSSR count). The maximum atomic E-state index is 12.3. The van der Waals surface area contributed by atoms with Gasteiger partial charge in [0.2, 0.25) is 0 Å². The Morgan fingerprint density at radius 2 is 1.86 bits per heavy atom. The Morgan fingerprint density at radius 3 is 2.33 bits per heavy atom. The third-order valence-electron chi connectivity index (χ3n) is 4.18. The number of hydrogen-bond donors (Lipinski definition) is 1. The molecule has 1 aliphatic carbocycles. The van der Waals surface area contributed by atoms with Crippen molar-refractivity contribution in [1.82, 2.24) is 10.2 Å². The molecule has 21 heavy (non-hydrogen) atoms. The van der Waals surface area contributed by atoms with Crippen LogP contribution in [0.15, 0.2) is 0 Å². The summed E-state index contributed by atoms with van der Waals surface area (Å²) in [4.78, 5) is 14.6. The van der Waals surface area contributed by atoms with Gasteiger partial charge in [0.1, 0.15) is 5.54 Å². The summed E-state index contributed by atoms with van der Waals surface area (Å²) < 4.78 is 15.4. The molecule has 6 heteroatoms. The zero-order valence-corrected chi connectivity index (χ0v) is 13.8. The Balaban J connectivity index is 2.71. The van der Waals surface area contributed by atoms with Crippen LogP contribution in [-0.4, -0.2) is 77.6 Å². The highest BCUT2D eigenvalue weighted by Crippen LogP contribution is 2.40. The Kier molecular flexibility index (Phi) is 8.18. The minimum Gasteiger partial charge on any atom is -0.468 e. The van der Waals surface area contributed by atoms with Gasteiger partial charge in [0.25, 0.3) is 0 Å². The van der Waals surface area contributed by atoms with Crippen molar-refractivity contribution >= 4 is 5.97 Å². The Morgan fingerprint density at radius 1 is 1.19 bits per heavy atom. The average Bonchev–Trinajstić information content (AvgIpc) is 3.34. The van der Waals surface area contributed by atoms with E-state index in [2.05, 4.69) is 10.2 Å². The van der Waals surface area contributed by atoms with E-state index in [-0.39, 0.29) is 5.97 Å². The average molecular weight is 302 g/mol. The molecule has 1 aliphatic rings. The SMILES string of the molecule is CNC(CN(CCCOC)CCOC)(C(=O)OC)C1CC1. The summed E-state index contributed by atoms with van der Waals surface area (Å²) in [6.45, 7) is 3.70. The maximum Gasteiger partial charge on any atom is 0.327 e. The highest BCUT2D eigenvalue weighted by molar-refractivity contribution is 5.82. The van der Waals surface area contributed by atoms with Gasteiger partial charge in [0.05, 0.1) is 13.7 Å². The van der Waals surface area contributed by atoms with Crippen LogP contribution in [0.2, 0.25) is 0 Å². The molecule has 6 nitrogen and oxygen atoms in total. The van der Waals surface area contributed by atoms with Crippen molar-refractivity contribution in [2.75, 3.05) is 61.2 Å². The van der Waals surface area contributed by atoms with Crippen molar-refractivity contribution < 1.29 is 19.0 Å². The van der Waals surface area contributed by atoms with Gasteiger partial charge >= 0.3 is 5.97 Å². The van der Waals surface area contributed by atoms with E-state index in [1.165, 1.54) is 7.11 Å². The smallest absolute Gasteiger partial charge is 0.327 e. The van der Waals surface area contributed by atoms with Crippen LogP contribution < -0.4 is 5.32 Å². The predicted octanol–water partition coefficient (Wildman–Crippen LogP) is 0.513. The van der Waals surface area contributed by atoms with E-state index in [9.17, 15) is 4.79 Å². The second-order valence-corrected chi connectivity index (χ2v) is 5.60. The third-order valence-corrected chi connectivity index (χ3v) is 4.18. The van der Waals surface area contributed by atoms with Gasteiger partial charge in [-0.2, -0.15) is 0 Å². The van der Waals surface area contributed by atoms with Crippen LogP contribution in [-0.2, 0) is 19.0 Å². The Hall–Kier alpha value is -0.690. The van der Waals surface area contributed by atoms with Crippen LogP contribution in [0.1, 0.15) is 19.3 Å². The lowest BCUT2D eigenvalue weighted by Crippen LogP contribution is -2.60. The molecule has 0 heterocycles. The number of ether oxygens (including phenoxy) is 3. The summed E-state index contributed by atoms with van der Waals surface area (Å²) >= 11 is 0. The second kappa shape index (κ2) is 9.35. The summed E-state index contributed by atoms with van der Waals surface area (Å²) in [5, 5.41) is 3.24. The van der Waals surface area contributed by atoms with E-state index < -0.39 is 5.54 Å². The fraction of sp³-hybridized carbons (Fsp3) is 0.933. The molecule has 1 N–H and O–H groups in total. The molecule has 1 atom stereocenters. The minimum atomic E-state index is -0.602. The fourth-order valence-electron chi connectivity index (χ4n) is 2.78. The van der Waals surface area contributed by atoms with Gasteiger partial charge < -0.3 is 19.5 Å². The topological polar surface area (TPSA) is 60.0 Å². The molecular weight excluding hydrogens is 272 g/mol. The van der Waals surface area contributed by atoms with Gasteiger partial charge in [0, 0.05) is 40.5 Å². The lowest BCUT2D eigenvalue weighted by molar-refractivity contribution is -0.150. The standard InChI is InChI=1S/C15H30N2O4/c1-16-15(13-6-7-13,14(18)21-4)12-17(9-11-20-3)8-5-10-19-2/h13,16H,5-12H2,1-4H3. The van der Waals surface area contributed by atoms with Crippen LogP contribution in [0.4, 0.5) is 0 Å². The largest absolute Gasteiger partial charge is 0.468 e. The van der Waals surface area contributed by atoms with Crippen molar-refractivity contribution in [2.24, 2.45) is 5.92 Å². The number of rotatable bonds is 12. The van der Waals surface area contributed by atoms with E-state index in [1.54, 1.807) is 14.2 Å². The Labute approximate surface area is 128 Å². The van der Waals surface area contributed by atoms with Crippen LogP contribution in [0.5, 0.6) is 0 Å². The first-order valence-electron chi connectivity index (χ1n) is 7.62. The fourth-order valence-corrected chi connectivity index (χ4v) is 2.78. The van der Waals surface area contributed by atoms with Gasteiger partial charge in [-0.15, -0.1) is 0 Å². The number of carbonyl (C=O) groups is 1. The lowest BCUT2D eigenvalue weighted by Gasteiger charge is -2.36. The van der Waals surface area contributed by atoms with Gasteiger partial charge in [-0.3, -0.25) is 4.90 Å². The first kappa shape index (κ1) is 18.4. The Bertz CT molecular complexity index is 310. The highest BCUT2D eigenvalue weighted by atomic mass is 16.5. The normalized spacial score (nSPS) is 17.8. The zero-order valence-electron chi connectivity index (χ0n) is 13.8. The monoisotopic (exact) mass is 302 g/mol. The summed E-state index contributed by atoms with van der Waals surface area (Å²) in [5.74, 6) is 0.198. The van der Waals surface area contributed by atoms with Crippen molar-refractivity contribution in [1.29, 1.82) is 0 Å². The molecule has 124 valence electrons. The van der Waals surface area contributed by atoms with Crippen LogP contribution in [0.25, 0.3) is 0 Å². The first-order chi connectivity index (χ1) is 10.1. The molecule has 1 saturated carbocycles. The van der Waals surface area contributed by atoms with Crippen molar-refractivity contribution in [3.8, 4) is 0 Å². The van der Waals surface area contributed by atoms with E-state index in [1.807, 2.05) is 7.05 Å². The predicted molar refractivity (Wildman–Crippen MR) is 81.3 cm³/mol. The minimum absolute atomic E-state index is 0.165. The van der Waals surface area contributed by atoms with Crippen molar-refractivity contribution in [3.63, 3.8) is 0 Å². The number of nitrogens with zero attached hydrogens (tertiary/aromatic N) is 1. The first-order valence-corrected chi connectivity index (χ1v) is 7.62. The maximum absolute atomic E-state index is 12.3. The van der Waals surface area contributed by atoms with E-state index in [0.717, 1.165) is 39.0 Å². The van der Waals surface area contributed by atoms with E-state index in [0.29, 0.717) is 19.1 Å². The molecule has 0 aromatic heterocycles. The van der Waals surface area contributed by atoms with Crippen molar-refractivity contribution in [3.05, 3.63) is 0 Å². The number of carbonyl (C=O) groups excluding carboxylic acids is 1. The molecule has 1 unspecified atom stereocenters. The third kappa shape index (κ3) is 5.21. The van der Waals surface area contributed by atoms with Gasteiger partial charge in [-0.25, -0.2) is 4.79 Å². The number of nitrogens with one attached hydrogen (secondary N) is 1. The molecule has 0 bridgehead atoms. The molecule has 0 radical (unpaired) electrons. The molecule has 1 fully saturated rings. The summed E-state index contributed by atoms with van der Waals surface area (Å²) in [6, 6.07) is 0. The van der Waals surface area contributed by atoms with Crippen LogP contribution in [0, 0.1) is 5.92 Å². The van der Waals surface area contributed by atoms with Crippen LogP contribution >= 0.6 is 0 Å². The highest BCUT2D eigenvalue weighted by Gasteiger charge is 2.51. The summed E-state index contributed by atoms with van der Waals surface area (Å²) in [6.07, 6.45) is 3.09. The molecule has 0 aliphatic heterocycles. The van der Waals surface area contributed by atoms with Gasteiger partial charge in [-0.05, 0) is 32.2 Å². The number of hydrogen-bond acceptors (Lipinski definition) is 6.